The number of carbonyl (C=O) groups is 2. The molecule has 1 heterocycles. The quantitative estimate of drug-likeness (QED) is 0.231. The summed E-state index contributed by atoms with van der Waals surface area (Å²) in [5, 5.41) is 2.99. The van der Waals surface area contributed by atoms with Gasteiger partial charge in [0.15, 0.2) is 0 Å². The van der Waals surface area contributed by atoms with Crippen LogP contribution in [-0.2, 0) is 11.3 Å². The van der Waals surface area contributed by atoms with Gasteiger partial charge in [0.2, 0.25) is 0 Å². The zero-order valence-electron chi connectivity index (χ0n) is 22.0. The first kappa shape index (κ1) is 27.6. The number of rotatable bonds is 11. The van der Waals surface area contributed by atoms with Crippen molar-refractivity contribution >= 4 is 35.3 Å². The van der Waals surface area contributed by atoms with Gasteiger partial charge >= 0.3 is 0 Å². The van der Waals surface area contributed by atoms with Crippen LogP contribution in [0.3, 0.4) is 0 Å². The van der Waals surface area contributed by atoms with E-state index >= 15 is 0 Å². The minimum atomic E-state index is -0.334. The molecule has 4 rings (SSSR count). The third-order valence-electron chi connectivity index (χ3n) is 6.48. The molecule has 0 bridgehead atoms. The molecule has 0 saturated carbocycles. The highest BCUT2D eigenvalue weighted by atomic mass is 32.2. The molecule has 0 fully saturated rings. The SMILES string of the molecule is CCCCN(C)CCCNC(=O)c1ccc(C=C2Sc3ccccc3N(Cc3ccccc3F)C2=O)cc1. The number of amides is 2. The van der Waals surface area contributed by atoms with Crippen molar-refractivity contribution in [2.75, 3.05) is 31.6 Å². The van der Waals surface area contributed by atoms with E-state index in [1.54, 1.807) is 35.2 Å². The maximum Gasteiger partial charge on any atom is 0.265 e. The van der Waals surface area contributed by atoms with E-state index in [0.717, 1.165) is 35.7 Å². The molecule has 1 aliphatic heterocycles. The van der Waals surface area contributed by atoms with Crippen LogP contribution in [0.5, 0.6) is 0 Å². The number of anilines is 1. The van der Waals surface area contributed by atoms with E-state index in [-0.39, 0.29) is 24.2 Å². The maximum atomic E-state index is 14.4. The number of unbranched alkanes of at least 4 members (excludes halogenated alkanes) is 1. The second-order valence-corrected chi connectivity index (χ2v) is 10.5. The molecule has 0 aliphatic carbocycles. The van der Waals surface area contributed by atoms with Gasteiger partial charge in [-0.3, -0.25) is 9.59 Å². The molecule has 7 heteroatoms. The molecule has 2 amide bonds. The molecule has 3 aromatic rings. The lowest BCUT2D eigenvalue weighted by molar-refractivity contribution is -0.114. The first-order chi connectivity index (χ1) is 18.5. The summed E-state index contributed by atoms with van der Waals surface area (Å²) in [7, 11) is 2.11. The predicted octanol–water partition coefficient (Wildman–Crippen LogP) is 6.36. The van der Waals surface area contributed by atoms with Gasteiger partial charge in [0.1, 0.15) is 5.82 Å². The summed E-state index contributed by atoms with van der Waals surface area (Å²) in [6, 6.07) is 21.4. The Labute approximate surface area is 228 Å². The van der Waals surface area contributed by atoms with Crippen molar-refractivity contribution < 1.29 is 14.0 Å². The average Bonchev–Trinajstić information content (AvgIpc) is 2.93. The van der Waals surface area contributed by atoms with Crippen LogP contribution in [-0.4, -0.2) is 43.4 Å². The molecule has 0 atom stereocenters. The fourth-order valence-corrected chi connectivity index (χ4v) is 5.35. The Morgan fingerprint density at radius 3 is 2.47 bits per heavy atom. The molecule has 0 aromatic heterocycles. The predicted molar refractivity (Wildman–Crippen MR) is 154 cm³/mol. The lowest BCUT2D eigenvalue weighted by atomic mass is 10.1. The second kappa shape index (κ2) is 13.4. The third-order valence-corrected chi connectivity index (χ3v) is 7.56. The number of carbonyl (C=O) groups excluding carboxylic acids is 2. The van der Waals surface area contributed by atoms with Crippen LogP contribution >= 0.6 is 11.8 Å². The lowest BCUT2D eigenvalue weighted by Gasteiger charge is -2.30. The topological polar surface area (TPSA) is 52.7 Å². The first-order valence-corrected chi connectivity index (χ1v) is 13.9. The minimum absolute atomic E-state index is 0.103. The molecule has 198 valence electrons. The van der Waals surface area contributed by atoms with Gasteiger partial charge in [-0.05, 0) is 75.0 Å². The van der Waals surface area contributed by atoms with Crippen molar-refractivity contribution in [3.05, 3.63) is 100 Å². The van der Waals surface area contributed by atoms with Crippen LogP contribution in [0.1, 0.15) is 47.7 Å². The number of fused-ring (bicyclic) bond motifs is 1. The van der Waals surface area contributed by atoms with Crippen molar-refractivity contribution in [2.24, 2.45) is 0 Å². The van der Waals surface area contributed by atoms with Crippen LogP contribution < -0.4 is 10.2 Å². The molecule has 38 heavy (non-hydrogen) atoms. The van der Waals surface area contributed by atoms with Crippen molar-refractivity contribution in [2.45, 2.75) is 37.6 Å². The van der Waals surface area contributed by atoms with Crippen LogP contribution in [0, 0.1) is 5.82 Å². The van der Waals surface area contributed by atoms with E-state index in [2.05, 4.69) is 24.2 Å². The minimum Gasteiger partial charge on any atom is -0.352 e. The number of hydrogen-bond acceptors (Lipinski definition) is 4. The van der Waals surface area contributed by atoms with Crippen LogP contribution in [0.25, 0.3) is 6.08 Å². The first-order valence-electron chi connectivity index (χ1n) is 13.1. The highest BCUT2D eigenvalue weighted by Gasteiger charge is 2.29. The number of benzene rings is 3. The number of nitrogens with one attached hydrogen (secondary N) is 1. The molecule has 0 radical (unpaired) electrons. The van der Waals surface area contributed by atoms with E-state index in [1.807, 2.05) is 42.5 Å². The highest BCUT2D eigenvalue weighted by molar-refractivity contribution is 8.04. The Morgan fingerprint density at radius 1 is 1.00 bits per heavy atom. The van der Waals surface area contributed by atoms with Crippen LogP contribution in [0.15, 0.2) is 82.6 Å². The molecule has 0 spiro atoms. The molecule has 5 nitrogen and oxygen atoms in total. The summed E-state index contributed by atoms with van der Waals surface area (Å²) in [4.78, 5) is 31.4. The zero-order valence-corrected chi connectivity index (χ0v) is 22.8. The van der Waals surface area contributed by atoms with Gasteiger partial charge in [-0.1, -0.05) is 67.6 Å². The Kier molecular flexibility index (Phi) is 9.73. The van der Waals surface area contributed by atoms with Crippen LogP contribution in [0.4, 0.5) is 10.1 Å². The molecule has 1 N–H and O–H groups in total. The summed E-state index contributed by atoms with van der Waals surface area (Å²) < 4.78 is 14.4. The van der Waals surface area contributed by atoms with Gasteiger partial charge in [-0.25, -0.2) is 4.39 Å². The monoisotopic (exact) mass is 531 g/mol. The third kappa shape index (κ3) is 7.11. The number of para-hydroxylation sites is 1. The van der Waals surface area contributed by atoms with Crippen molar-refractivity contribution in [1.29, 1.82) is 0 Å². The molecular formula is C31H34FN3O2S. The van der Waals surface area contributed by atoms with E-state index in [1.165, 1.54) is 30.7 Å². The van der Waals surface area contributed by atoms with Crippen molar-refractivity contribution in [1.82, 2.24) is 10.2 Å². The Morgan fingerprint density at radius 2 is 1.71 bits per heavy atom. The van der Waals surface area contributed by atoms with Gasteiger partial charge in [0, 0.05) is 22.6 Å². The van der Waals surface area contributed by atoms with E-state index in [9.17, 15) is 14.0 Å². The summed E-state index contributed by atoms with van der Waals surface area (Å²) in [5.41, 5.74) is 2.64. The average molecular weight is 532 g/mol. The molecule has 3 aromatic carbocycles. The van der Waals surface area contributed by atoms with Crippen LogP contribution in [0.2, 0.25) is 0 Å². The maximum absolute atomic E-state index is 14.4. The zero-order chi connectivity index (χ0) is 26.9. The highest BCUT2D eigenvalue weighted by Crippen LogP contribution is 2.42. The lowest BCUT2D eigenvalue weighted by Crippen LogP contribution is -2.34. The summed E-state index contributed by atoms with van der Waals surface area (Å²) >= 11 is 1.40. The van der Waals surface area contributed by atoms with Gasteiger partial charge in [-0.2, -0.15) is 0 Å². The van der Waals surface area contributed by atoms with Gasteiger partial charge in [0.25, 0.3) is 11.8 Å². The number of halogens is 1. The van der Waals surface area contributed by atoms with E-state index < -0.39 is 0 Å². The smallest absolute Gasteiger partial charge is 0.265 e. The fourth-order valence-electron chi connectivity index (χ4n) is 4.29. The van der Waals surface area contributed by atoms with Crippen molar-refractivity contribution in [3.63, 3.8) is 0 Å². The normalized spacial score (nSPS) is 14.2. The van der Waals surface area contributed by atoms with E-state index in [0.29, 0.717) is 22.6 Å². The van der Waals surface area contributed by atoms with E-state index in [4.69, 9.17) is 0 Å². The fraction of sp³-hybridized carbons (Fsp3) is 0.290. The number of nitrogens with zero attached hydrogens (tertiary/aromatic N) is 2. The van der Waals surface area contributed by atoms with Gasteiger partial charge in [0.05, 0.1) is 17.1 Å². The molecular weight excluding hydrogens is 497 g/mol. The number of hydrogen-bond donors (Lipinski definition) is 1. The van der Waals surface area contributed by atoms with Gasteiger partial charge < -0.3 is 15.1 Å². The summed E-state index contributed by atoms with van der Waals surface area (Å²) in [6.07, 6.45) is 5.09. The molecule has 0 unspecified atom stereocenters. The summed E-state index contributed by atoms with van der Waals surface area (Å²) in [5.74, 6) is -0.616. The molecule has 1 aliphatic rings. The van der Waals surface area contributed by atoms with Gasteiger partial charge in [-0.15, -0.1) is 0 Å². The Balaban J connectivity index is 1.42. The standard InChI is InChI=1S/C31H34FN3O2S/c1-3-4-19-34(2)20-9-18-33-30(36)24-16-14-23(15-17-24)21-29-31(37)35(22-25-10-5-6-11-26(25)32)27-12-7-8-13-28(27)38-29/h5-8,10-17,21H,3-4,9,18-20,22H2,1-2H3,(H,33,36). The molecule has 0 saturated heterocycles. The summed E-state index contributed by atoms with van der Waals surface area (Å²) in [6.45, 7) is 4.99. The largest absolute Gasteiger partial charge is 0.352 e. The Hall–Kier alpha value is -3.42. The number of thioether (sulfide) groups is 1. The Bertz CT molecular complexity index is 1290. The second-order valence-electron chi connectivity index (χ2n) is 9.45. The van der Waals surface area contributed by atoms with Crippen molar-refractivity contribution in [3.8, 4) is 0 Å².